The third-order valence-corrected chi connectivity index (χ3v) is 21.7. The SMILES string of the molecule is Cc1cc(F)c(Nc2nc(-c3ccc4c(c3)N([C@H]3C[C@@H](N5CCCCC5)C3)C(=O)C43CCN(C(=O)CCCCCCCCCC(=O)N[C@H](C(=O)N4C[C@H](O)C[C@H]4C(=O)N[C@@H](C)c4ccc(-c5scnc5C)cc4)C(C)(C)C)CC3)cc3ncn(C(C)C)c23)cc1C(=O)NC(C)C. The van der Waals surface area contributed by atoms with Gasteiger partial charge in [-0.3, -0.25) is 28.8 Å². The van der Waals surface area contributed by atoms with Gasteiger partial charge in [-0.25, -0.2) is 19.3 Å². The Morgan fingerprint density at radius 3 is 2.10 bits per heavy atom. The molecule has 3 aromatic heterocycles. The van der Waals surface area contributed by atoms with E-state index in [4.69, 9.17) is 9.97 Å². The Balaban J connectivity index is 0.669. The van der Waals surface area contributed by atoms with Crippen LogP contribution < -0.4 is 26.2 Å². The summed E-state index contributed by atoms with van der Waals surface area (Å²) in [6, 6.07) is 17.3. The van der Waals surface area contributed by atoms with Gasteiger partial charge in [0.25, 0.3) is 5.91 Å². The number of piperidine rings is 2. The molecule has 96 heavy (non-hydrogen) atoms. The fraction of sp³-hybridized carbons (Fsp3) is 0.560. The van der Waals surface area contributed by atoms with Crippen LogP contribution in [0.1, 0.15) is 209 Å². The molecule has 1 spiro atoms. The van der Waals surface area contributed by atoms with Gasteiger partial charge in [0.2, 0.25) is 29.5 Å². The van der Waals surface area contributed by atoms with Crippen molar-refractivity contribution in [2.24, 2.45) is 5.41 Å². The van der Waals surface area contributed by atoms with E-state index < -0.39 is 34.8 Å². The first kappa shape index (κ1) is 69.7. The highest BCUT2D eigenvalue weighted by Gasteiger charge is 2.56. The molecule has 5 aliphatic rings. The van der Waals surface area contributed by atoms with Gasteiger partial charge >= 0.3 is 0 Å². The Labute approximate surface area is 569 Å². The number of imidazole rings is 1. The zero-order valence-electron chi connectivity index (χ0n) is 57.9. The molecule has 6 amide bonds. The normalized spacial score (nSPS) is 20.2. The third-order valence-electron chi connectivity index (χ3n) is 20.7. The first-order chi connectivity index (χ1) is 45.9. The van der Waals surface area contributed by atoms with Crippen LogP contribution in [-0.2, 0) is 29.4 Å². The lowest BCUT2D eigenvalue weighted by Gasteiger charge is -2.48. The maximum atomic E-state index is 16.0. The average molecular weight is 1330 g/mol. The number of aromatic nitrogens is 4. The van der Waals surface area contributed by atoms with Crippen LogP contribution in [0.2, 0.25) is 0 Å². The van der Waals surface area contributed by atoms with Crippen molar-refractivity contribution in [1.29, 1.82) is 0 Å². The number of β-amino-alcohol motifs (C(OH)–C–C–N with tert-alkyl or cyclic N) is 1. The molecular formula is C75H99FN12O7S. The van der Waals surface area contributed by atoms with Gasteiger partial charge in [-0.2, -0.15) is 0 Å². The molecule has 6 aromatic rings. The summed E-state index contributed by atoms with van der Waals surface area (Å²) in [5.74, 6) is -1.15. The number of carbonyl (C=O) groups excluding carboxylic acids is 6. The van der Waals surface area contributed by atoms with Gasteiger partial charge < -0.3 is 50.5 Å². The van der Waals surface area contributed by atoms with Crippen molar-refractivity contribution in [3.05, 3.63) is 106 Å². The number of aliphatic hydroxyl groups excluding tert-OH is 1. The van der Waals surface area contributed by atoms with E-state index in [0.29, 0.717) is 78.5 Å². The molecule has 0 radical (unpaired) electrons. The number of rotatable bonds is 24. The Hall–Kier alpha value is -7.62. The van der Waals surface area contributed by atoms with Crippen LogP contribution in [0.3, 0.4) is 0 Å². The molecule has 5 N–H and O–H groups in total. The van der Waals surface area contributed by atoms with E-state index in [9.17, 15) is 29.1 Å². The standard InChI is InChI=1S/C75H99FN12O7S/c1-45(2)79-70(92)56-40-60(58(76)35-47(56)5)82-69-66-61(77-43-87(66)46(3)4)41-59(81-69)52-27-28-57-62(36-52)88(54-37-53(38-54)84-31-19-16-20-32-84)73(95)75(57)29-33-85(34-30-75)65(91)22-18-15-13-11-12-14-17-21-64(90)83-68(74(8,9)10)72(94)86-42-55(89)39-63(86)71(93)80-48(6)50-23-25-51(26-24-50)67-49(7)78-44-96-67/h23-28,35-36,40-41,43-46,48,53-55,63,68,89H,11-22,29-34,37-39,42H2,1-10H3,(H,79,92)(H,80,93)(H,81,82)(H,83,90)/t48-,53-,54+,55+,63-,68+/m0/s1. The number of amides is 6. The Morgan fingerprint density at radius 2 is 1.45 bits per heavy atom. The van der Waals surface area contributed by atoms with Gasteiger partial charge in [-0.05, 0) is 165 Å². The van der Waals surface area contributed by atoms with Crippen LogP contribution in [0.15, 0.2) is 72.5 Å². The maximum Gasteiger partial charge on any atom is 0.251 e. The van der Waals surface area contributed by atoms with Crippen LogP contribution in [0.4, 0.5) is 21.6 Å². The summed E-state index contributed by atoms with van der Waals surface area (Å²) in [7, 11) is 0. The first-order valence-corrected chi connectivity index (χ1v) is 36.1. The number of hydrogen-bond acceptors (Lipinski definition) is 13. The van der Waals surface area contributed by atoms with E-state index in [1.54, 1.807) is 30.7 Å². The fourth-order valence-corrected chi connectivity index (χ4v) is 15.9. The van der Waals surface area contributed by atoms with Gasteiger partial charge in [-0.1, -0.05) is 95.7 Å². The van der Waals surface area contributed by atoms with E-state index in [1.165, 1.54) is 30.2 Å². The molecule has 19 nitrogen and oxygen atoms in total. The van der Waals surface area contributed by atoms with Crippen molar-refractivity contribution in [2.45, 2.75) is 232 Å². The predicted molar refractivity (Wildman–Crippen MR) is 375 cm³/mol. The molecule has 0 unspecified atom stereocenters. The first-order valence-electron chi connectivity index (χ1n) is 35.2. The summed E-state index contributed by atoms with van der Waals surface area (Å²) >= 11 is 1.58. The van der Waals surface area contributed by atoms with Crippen LogP contribution in [-0.4, -0.2) is 144 Å². The smallest absolute Gasteiger partial charge is 0.251 e. The van der Waals surface area contributed by atoms with Gasteiger partial charge in [0.15, 0.2) is 5.82 Å². The van der Waals surface area contributed by atoms with E-state index in [-0.39, 0.29) is 84.7 Å². The van der Waals surface area contributed by atoms with Gasteiger partial charge in [-0.15, -0.1) is 11.3 Å². The summed E-state index contributed by atoms with van der Waals surface area (Å²) in [4.78, 5) is 108. The molecule has 11 rings (SSSR count). The lowest BCUT2D eigenvalue weighted by molar-refractivity contribution is -0.144. The van der Waals surface area contributed by atoms with Crippen molar-refractivity contribution in [3.8, 4) is 21.7 Å². The number of unbranched alkanes of at least 4 members (excludes halogenated alkanes) is 6. The van der Waals surface area contributed by atoms with Gasteiger partial charge in [0.05, 0.1) is 56.9 Å². The van der Waals surface area contributed by atoms with E-state index in [0.717, 1.165) is 103 Å². The predicted octanol–water partition coefficient (Wildman–Crippen LogP) is 12.5. The topological polar surface area (TPSA) is 227 Å². The molecule has 514 valence electrons. The minimum atomic E-state index is -0.896. The monoisotopic (exact) mass is 1330 g/mol. The minimum Gasteiger partial charge on any atom is -0.391 e. The highest BCUT2D eigenvalue weighted by molar-refractivity contribution is 7.13. The van der Waals surface area contributed by atoms with Gasteiger partial charge in [0.1, 0.15) is 23.4 Å². The summed E-state index contributed by atoms with van der Waals surface area (Å²) in [5, 5.41) is 23.0. The van der Waals surface area contributed by atoms with Crippen molar-refractivity contribution in [1.82, 2.24) is 50.2 Å². The number of aliphatic hydroxyl groups is 1. The van der Waals surface area contributed by atoms with Crippen molar-refractivity contribution < 1.29 is 38.3 Å². The number of carbonyl (C=O) groups is 6. The Bertz CT molecular complexity index is 3820. The zero-order chi connectivity index (χ0) is 68.3. The average Bonchev–Trinajstić information content (AvgIpc) is 1.55. The lowest BCUT2D eigenvalue weighted by Crippen LogP contribution is -2.58. The quantitative estimate of drug-likeness (QED) is 0.0357. The largest absolute Gasteiger partial charge is 0.391 e. The minimum absolute atomic E-state index is 0.00351. The number of anilines is 3. The second-order valence-corrected chi connectivity index (χ2v) is 30.3. The Morgan fingerprint density at radius 1 is 0.771 bits per heavy atom. The molecule has 4 atom stereocenters. The van der Waals surface area contributed by atoms with Crippen molar-refractivity contribution in [3.63, 3.8) is 0 Å². The number of fused-ring (bicyclic) bond motifs is 3. The third kappa shape index (κ3) is 15.1. The van der Waals surface area contributed by atoms with E-state index in [1.807, 2.05) is 114 Å². The molecule has 1 aliphatic carbocycles. The number of hydrogen-bond donors (Lipinski definition) is 5. The molecule has 1 saturated carbocycles. The lowest BCUT2D eigenvalue weighted by atomic mass is 9.73. The number of halogens is 1. The Kier molecular flexibility index (Phi) is 21.5. The second kappa shape index (κ2) is 29.6. The molecule has 4 aliphatic heterocycles. The zero-order valence-corrected chi connectivity index (χ0v) is 58.7. The molecule has 3 saturated heterocycles. The molecular weight excluding hydrogens is 1230 g/mol. The fourth-order valence-electron chi connectivity index (χ4n) is 15.1. The number of aryl methyl sites for hydroxylation is 2. The van der Waals surface area contributed by atoms with Crippen molar-refractivity contribution >= 4 is 75.0 Å². The highest BCUT2D eigenvalue weighted by atomic mass is 32.1. The molecule has 7 heterocycles. The molecule has 3 aromatic carbocycles. The molecule has 0 bridgehead atoms. The highest BCUT2D eigenvalue weighted by Crippen LogP contribution is 2.52. The number of nitrogens with one attached hydrogen (secondary N) is 4. The number of benzene rings is 3. The number of thiazole rings is 1. The van der Waals surface area contributed by atoms with Crippen LogP contribution in [0, 0.1) is 25.1 Å². The summed E-state index contributed by atoms with van der Waals surface area (Å²) < 4.78 is 18.0. The van der Waals surface area contributed by atoms with Gasteiger partial charge in [0, 0.05) is 79.9 Å². The van der Waals surface area contributed by atoms with E-state index >= 15 is 9.18 Å². The summed E-state index contributed by atoms with van der Waals surface area (Å²) in [6.45, 7) is 22.3. The van der Waals surface area contributed by atoms with E-state index in [2.05, 4.69) is 48.2 Å². The number of nitrogens with zero attached hydrogens (tertiary/aromatic N) is 8. The number of likely N-dealkylation sites (tertiary alicyclic amines) is 3. The second-order valence-electron chi connectivity index (χ2n) is 29.5. The summed E-state index contributed by atoms with van der Waals surface area (Å²) in [5.41, 5.74) is 8.95. The maximum absolute atomic E-state index is 16.0. The van der Waals surface area contributed by atoms with Crippen molar-refractivity contribution in [2.75, 3.05) is 42.9 Å². The number of pyridine rings is 1. The van der Waals surface area contributed by atoms with Crippen LogP contribution in [0.5, 0.6) is 0 Å². The van der Waals surface area contributed by atoms with Crippen LogP contribution >= 0.6 is 11.3 Å². The molecule has 21 heteroatoms. The summed E-state index contributed by atoms with van der Waals surface area (Å²) in [6.07, 6.45) is 14.3. The van der Waals surface area contributed by atoms with Crippen LogP contribution in [0.25, 0.3) is 32.7 Å². The molecule has 4 fully saturated rings.